The number of carbonyl (C=O) groups is 1. The predicted molar refractivity (Wildman–Crippen MR) is 80.9 cm³/mol. The maximum atomic E-state index is 12.8. The first-order valence-corrected chi connectivity index (χ1v) is 6.88. The highest BCUT2D eigenvalue weighted by atomic mass is 19.1. The van der Waals surface area contributed by atoms with Crippen molar-refractivity contribution in [1.82, 2.24) is 0 Å². The first kappa shape index (κ1) is 15.0. The van der Waals surface area contributed by atoms with Crippen molar-refractivity contribution < 1.29 is 13.9 Å². The number of halogens is 1. The van der Waals surface area contributed by atoms with Gasteiger partial charge < -0.3 is 10.1 Å². The van der Waals surface area contributed by atoms with Crippen LogP contribution in [0.4, 0.5) is 10.1 Å². The molecule has 0 aromatic heterocycles. The lowest BCUT2D eigenvalue weighted by molar-refractivity contribution is -0.122. The zero-order valence-corrected chi connectivity index (χ0v) is 12.1. The van der Waals surface area contributed by atoms with Gasteiger partial charge in [-0.25, -0.2) is 4.39 Å². The van der Waals surface area contributed by atoms with E-state index >= 15 is 0 Å². The van der Waals surface area contributed by atoms with Crippen LogP contribution in [-0.4, -0.2) is 12.0 Å². The van der Waals surface area contributed by atoms with Gasteiger partial charge in [0.1, 0.15) is 11.6 Å². The summed E-state index contributed by atoms with van der Waals surface area (Å²) in [6.07, 6.45) is -0.0912. The van der Waals surface area contributed by atoms with Crippen LogP contribution in [0.25, 0.3) is 0 Å². The Morgan fingerprint density at radius 1 is 1.14 bits per heavy atom. The Hall–Kier alpha value is -2.36. The monoisotopic (exact) mass is 287 g/mol. The molecule has 2 aromatic rings. The zero-order valence-electron chi connectivity index (χ0n) is 12.1. The number of carbonyl (C=O) groups excluding carboxylic acids is 1. The summed E-state index contributed by atoms with van der Waals surface area (Å²) in [5.74, 6) is -0.0764. The number of anilines is 1. The molecule has 0 heterocycles. The molecular weight excluding hydrogens is 269 g/mol. The van der Waals surface area contributed by atoms with Crippen LogP contribution < -0.4 is 10.1 Å². The Morgan fingerprint density at radius 3 is 2.33 bits per heavy atom. The molecule has 4 heteroatoms. The van der Waals surface area contributed by atoms with E-state index in [1.54, 1.807) is 0 Å². The highest BCUT2D eigenvalue weighted by Crippen LogP contribution is 2.16. The van der Waals surface area contributed by atoms with Crippen LogP contribution in [0.5, 0.6) is 5.75 Å². The number of benzene rings is 2. The van der Waals surface area contributed by atoms with Gasteiger partial charge in [0.25, 0.3) is 5.91 Å². The van der Waals surface area contributed by atoms with Crippen molar-refractivity contribution in [2.45, 2.75) is 26.4 Å². The first-order valence-electron chi connectivity index (χ1n) is 6.88. The molecule has 0 bridgehead atoms. The number of ether oxygens (including phenoxy) is 1. The minimum atomic E-state index is -0.614. The van der Waals surface area contributed by atoms with E-state index in [4.69, 9.17) is 4.74 Å². The van der Waals surface area contributed by atoms with Gasteiger partial charge >= 0.3 is 0 Å². The molecule has 1 N–H and O–H groups in total. The topological polar surface area (TPSA) is 38.3 Å². The van der Waals surface area contributed by atoms with E-state index in [-0.39, 0.29) is 11.7 Å². The minimum Gasteiger partial charge on any atom is -0.481 e. The van der Waals surface area contributed by atoms with Gasteiger partial charge in [0.15, 0.2) is 6.10 Å². The number of hydrogen-bond donors (Lipinski definition) is 1. The van der Waals surface area contributed by atoms with Crippen LogP contribution in [0.3, 0.4) is 0 Å². The normalized spacial score (nSPS) is 11.8. The summed E-state index contributed by atoms with van der Waals surface area (Å²) >= 11 is 0. The molecule has 0 aliphatic heterocycles. The molecule has 0 spiro atoms. The molecule has 0 unspecified atom stereocenters. The third kappa shape index (κ3) is 4.31. The third-order valence-corrected chi connectivity index (χ3v) is 3.07. The Balaban J connectivity index is 2.01. The standard InChI is InChI=1S/C17H18FNO2/c1-3-16(21-15-10-6-13(18)7-11-15)17(20)19-14-8-4-12(2)5-9-14/h4-11,16H,3H2,1-2H3,(H,19,20)/t16-/m0/s1. The highest BCUT2D eigenvalue weighted by molar-refractivity contribution is 5.94. The second-order valence-corrected chi connectivity index (χ2v) is 4.82. The fourth-order valence-corrected chi connectivity index (χ4v) is 1.86. The molecule has 0 aliphatic carbocycles. The van der Waals surface area contributed by atoms with Crippen molar-refractivity contribution in [2.75, 3.05) is 5.32 Å². The molecule has 3 nitrogen and oxygen atoms in total. The molecule has 0 saturated heterocycles. The predicted octanol–water partition coefficient (Wildman–Crippen LogP) is 3.93. The maximum absolute atomic E-state index is 12.8. The fourth-order valence-electron chi connectivity index (χ4n) is 1.86. The van der Waals surface area contributed by atoms with E-state index < -0.39 is 6.10 Å². The summed E-state index contributed by atoms with van der Waals surface area (Å²) in [5, 5.41) is 2.81. The molecule has 2 aromatic carbocycles. The van der Waals surface area contributed by atoms with Gasteiger partial charge in [0.2, 0.25) is 0 Å². The maximum Gasteiger partial charge on any atom is 0.265 e. The largest absolute Gasteiger partial charge is 0.481 e. The van der Waals surface area contributed by atoms with Crippen LogP contribution in [0.1, 0.15) is 18.9 Å². The molecule has 0 fully saturated rings. The van der Waals surface area contributed by atoms with Crippen molar-refractivity contribution in [1.29, 1.82) is 0 Å². The Kier molecular flexibility index (Phi) is 4.93. The molecular formula is C17H18FNO2. The number of nitrogens with one attached hydrogen (secondary N) is 1. The molecule has 1 amide bonds. The fraction of sp³-hybridized carbons (Fsp3) is 0.235. The molecule has 0 aliphatic rings. The van der Waals surface area contributed by atoms with Crippen LogP contribution in [0.2, 0.25) is 0 Å². The smallest absolute Gasteiger partial charge is 0.265 e. The van der Waals surface area contributed by atoms with E-state index in [2.05, 4.69) is 5.32 Å². The summed E-state index contributed by atoms with van der Waals surface area (Å²) in [5.41, 5.74) is 1.86. The van der Waals surface area contributed by atoms with Crippen LogP contribution >= 0.6 is 0 Å². The van der Waals surface area contributed by atoms with Gasteiger partial charge in [-0.1, -0.05) is 24.6 Å². The van der Waals surface area contributed by atoms with Crippen molar-refractivity contribution in [3.63, 3.8) is 0 Å². The first-order chi connectivity index (χ1) is 10.1. The highest BCUT2D eigenvalue weighted by Gasteiger charge is 2.18. The molecule has 21 heavy (non-hydrogen) atoms. The Labute approximate surface area is 123 Å². The van der Waals surface area contributed by atoms with Gasteiger partial charge in [0, 0.05) is 5.69 Å². The molecule has 110 valence electrons. The van der Waals surface area contributed by atoms with E-state index in [1.165, 1.54) is 24.3 Å². The SMILES string of the molecule is CC[C@H](Oc1ccc(F)cc1)C(=O)Nc1ccc(C)cc1. The summed E-state index contributed by atoms with van der Waals surface area (Å²) in [4.78, 5) is 12.2. The second-order valence-electron chi connectivity index (χ2n) is 4.82. The van der Waals surface area contributed by atoms with E-state index in [9.17, 15) is 9.18 Å². The lowest BCUT2D eigenvalue weighted by Gasteiger charge is -2.17. The number of amides is 1. The van der Waals surface area contributed by atoms with Crippen LogP contribution in [0.15, 0.2) is 48.5 Å². The van der Waals surface area contributed by atoms with E-state index in [0.717, 1.165) is 11.3 Å². The summed E-state index contributed by atoms with van der Waals surface area (Å²) < 4.78 is 18.4. The summed E-state index contributed by atoms with van der Waals surface area (Å²) in [6.45, 7) is 3.85. The molecule has 2 rings (SSSR count). The average molecular weight is 287 g/mol. The summed E-state index contributed by atoms with van der Waals surface area (Å²) in [7, 11) is 0. The Bertz CT molecular complexity index is 593. The van der Waals surface area contributed by atoms with Gasteiger partial charge in [-0.3, -0.25) is 4.79 Å². The van der Waals surface area contributed by atoms with Crippen molar-refractivity contribution in [2.24, 2.45) is 0 Å². The average Bonchev–Trinajstić information content (AvgIpc) is 2.49. The van der Waals surface area contributed by atoms with Gasteiger partial charge in [-0.05, 0) is 49.7 Å². The second kappa shape index (κ2) is 6.88. The lowest BCUT2D eigenvalue weighted by Crippen LogP contribution is -2.32. The summed E-state index contributed by atoms with van der Waals surface area (Å²) in [6, 6.07) is 13.2. The van der Waals surface area contributed by atoms with Crippen LogP contribution in [-0.2, 0) is 4.79 Å². The molecule has 1 atom stereocenters. The Morgan fingerprint density at radius 2 is 1.76 bits per heavy atom. The number of rotatable bonds is 5. The quantitative estimate of drug-likeness (QED) is 0.905. The van der Waals surface area contributed by atoms with E-state index in [0.29, 0.717) is 12.2 Å². The minimum absolute atomic E-state index is 0.217. The van der Waals surface area contributed by atoms with Gasteiger partial charge in [0.05, 0.1) is 0 Å². The van der Waals surface area contributed by atoms with Crippen molar-refractivity contribution in [3.05, 3.63) is 59.9 Å². The lowest BCUT2D eigenvalue weighted by atomic mass is 10.2. The van der Waals surface area contributed by atoms with Gasteiger partial charge in [-0.15, -0.1) is 0 Å². The molecule has 0 radical (unpaired) electrons. The zero-order chi connectivity index (χ0) is 15.2. The number of aryl methyl sites for hydroxylation is 1. The van der Waals surface area contributed by atoms with Crippen molar-refractivity contribution >= 4 is 11.6 Å². The van der Waals surface area contributed by atoms with E-state index in [1.807, 2.05) is 38.1 Å². The van der Waals surface area contributed by atoms with Gasteiger partial charge in [-0.2, -0.15) is 0 Å². The molecule has 0 saturated carbocycles. The third-order valence-electron chi connectivity index (χ3n) is 3.07. The van der Waals surface area contributed by atoms with Crippen molar-refractivity contribution in [3.8, 4) is 5.75 Å². The van der Waals surface area contributed by atoms with Crippen LogP contribution in [0, 0.1) is 12.7 Å². The number of hydrogen-bond acceptors (Lipinski definition) is 2.